The van der Waals surface area contributed by atoms with Gasteiger partial charge in [-0.2, -0.15) is 10.4 Å². The van der Waals surface area contributed by atoms with E-state index in [0.29, 0.717) is 0 Å². The average molecular weight is 282 g/mol. The largest absolute Gasteiger partial charge is 0.385 e. The highest BCUT2D eigenvalue weighted by molar-refractivity contribution is 5.47. The Kier molecular flexibility index (Phi) is 4.64. The molecule has 0 unspecified atom stereocenters. The van der Waals surface area contributed by atoms with E-state index in [1.807, 2.05) is 49.0 Å². The Bertz CT molecular complexity index is 617. The van der Waals surface area contributed by atoms with Gasteiger partial charge in [-0.05, 0) is 50.5 Å². The van der Waals surface area contributed by atoms with Crippen LogP contribution in [0.5, 0.6) is 0 Å². The van der Waals surface area contributed by atoms with Crippen LogP contribution in [0.25, 0.3) is 0 Å². The quantitative estimate of drug-likeness (QED) is 0.884. The average Bonchev–Trinajstić information content (AvgIpc) is 2.96. The molecule has 0 radical (unpaired) electrons. The molecule has 0 amide bonds. The molecular weight excluding hydrogens is 260 g/mol. The Morgan fingerprint density at radius 2 is 2.00 bits per heavy atom. The van der Waals surface area contributed by atoms with Crippen LogP contribution < -0.4 is 5.32 Å². The Hall–Kier alpha value is -2.28. The molecule has 0 atom stereocenters. The van der Waals surface area contributed by atoms with Crippen molar-refractivity contribution in [1.82, 2.24) is 9.78 Å². The van der Waals surface area contributed by atoms with Crippen LogP contribution in [0, 0.1) is 11.3 Å². The topological polar surface area (TPSA) is 53.6 Å². The number of nitriles is 1. The SMILES string of the molecule is CCn1cc(CCNc2ccc(C(C)(C)C#N)cc2)cn1. The highest BCUT2D eigenvalue weighted by Gasteiger charge is 2.18. The molecule has 2 rings (SSSR count). The summed E-state index contributed by atoms with van der Waals surface area (Å²) in [6.07, 6.45) is 4.95. The Balaban J connectivity index is 1.88. The molecule has 1 N–H and O–H groups in total. The number of nitrogens with zero attached hydrogens (tertiary/aromatic N) is 3. The summed E-state index contributed by atoms with van der Waals surface area (Å²) in [6, 6.07) is 10.4. The van der Waals surface area contributed by atoms with E-state index in [1.165, 1.54) is 5.56 Å². The van der Waals surface area contributed by atoms with Gasteiger partial charge in [0.1, 0.15) is 0 Å². The van der Waals surface area contributed by atoms with Crippen LogP contribution in [0.2, 0.25) is 0 Å². The van der Waals surface area contributed by atoms with E-state index >= 15 is 0 Å². The van der Waals surface area contributed by atoms with E-state index in [1.54, 1.807) is 0 Å². The molecule has 2 aromatic rings. The van der Waals surface area contributed by atoms with Gasteiger partial charge in [0.25, 0.3) is 0 Å². The van der Waals surface area contributed by atoms with Crippen molar-refractivity contribution in [3.8, 4) is 6.07 Å². The summed E-state index contributed by atoms with van der Waals surface area (Å²) < 4.78 is 1.94. The molecule has 0 aliphatic rings. The second kappa shape index (κ2) is 6.45. The second-order valence-corrected chi connectivity index (χ2v) is 5.70. The maximum Gasteiger partial charge on any atom is 0.0766 e. The van der Waals surface area contributed by atoms with Gasteiger partial charge in [0.05, 0.1) is 17.7 Å². The maximum absolute atomic E-state index is 9.13. The number of hydrogen-bond acceptors (Lipinski definition) is 3. The van der Waals surface area contributed by atoms with Crippen LogP contribution in [0.15, 0.2) is 36.7 Å². The summed E-state index contributed by atoms with van der Waals surface area (Å²) in [6.45, 7) is 7.72. The third-order valence-electron chi connectivity index (χ3n) is 3.64. The lowest BCUT2D eigenvalue weighted by Gasteiger charge is -2.16. The summed E-state index contributed by atoms with van der Waals surface area (Å²) in [5.41, 5.74) is 2.93. The first-order valence-electron chi connectivity index (χ1n) is 7.32. The predicted octanol–water partition coefficient (Wildman–Crippen LogP) is 3.36. The second-order valence-electron chi connectivity index (χ2n) is 5.70. The molecule has 1 aromatic heterocycles. The first-order chi connectivity index (χ1) is 10.0. The van der Waals surface area contributed by atoms with Gasteiger partial charge in [0, 0.05) is 25.0 Å². The zero-order valence-electron chi connectivity index (χ0n) is 12.9. The molecule has 0 saturated carbocycles. The minimum atomic E-state index is -0.437. The standard InChI is InChI=1S/C17H22N4/c1-4-21-12-14(11-20-21)9-10-19-16-7-5-15(6-8-16)17(2,3)13-18/h5-8,11-12,19H,4,9-10H2,1-3H3. The van der Waals surface area contributed by atoms with E-state index in [2.05, 4.69) is 29.6 Å². The van der Waals surface area contributed by atoms with E-state index < -0.39 is 5.41 Å². The summed E-state index contributed by atoms with van der Waals surface area (Å²) in [4.78, 5) is 0. The minimum Gasteiger partial charge on any atom is -0.385 e. The number of aryl methyl sites for hydroxylation is 1. The lowest BCUT2D eigenvalue weighted by Crippen LogP contribution is -2.13. The van der Waals surface area contributed by atoms with Gasteiger partial charge in [-0.25, -0.2) is 0 Å². The lowest BCUT2D eigenvalue weighted by molar-refractivity contribution is 0.659. The van der Waals surface area contributed by atoms with Crippen molar-refractivity contribution in [3.05, 3.63) is 47.8 Å². The van der Waals surface area contributed by atoms with Crippen molar-refractivity contribution < 1.29 is 0 Å². The van der Waals surface area contributed by atoms with Crippen LogP contribution >= 0.6 is 0 Å². The molecule has 4 nitrogen and oxygen atoms in total. The van der Waals surface area contributed by atoms with Gasteiger partial charge in [0.2, 0.25) is 0 Å². The van der Waals surface area contributed by atoms with E-state index in [-0.39, 0.29) is 0 Å². The summed E-state index contributed by atoms with van der Waals surface area (Å²) in [5.74, 6) is 0. The van der Waals surface area contributed by atoms with E-state index in [0.717, 1.165) is 30.8 Å². The molecule has 0 bridgehead atoms. The number of aromatic nitrogens is 2. The fourth-order valence-corrected chi connectivity index (χ4v) is 2.13. The molecule has 1 heterocycles. The molecule has 110 valence electrons. The molecule has 0 spiro atoms. The van der Waals surface area contributed by atoms with Crippen LogP contribution in [-0.2, 0) is 18.4 Å². The summed E-state index contributed by atoms with van der Waals surface area (Å²) >= 11 is 0. The zero-order valence-corrected chi connectivity index (χ0v) is 12.9. The van der Waals surface area contributed by atoms with Gasteiger partial charge in [-0.1, -0.05) is 12.1 Å². The summed E-state index contributed by atoms with van der Waals surface area (Å²) in [7, 11) is 0. The minimum absolute atomic E-state index is 0.437. The Morgan fingerprint density at radius 1 is 1.29 bits per heavy atom. The van der Waals surface area contributed by atoms with Crippen LogP contribution in [0.4, 0.5) is 5.69 Å². The van der Waals surface area contributed by atoms with Crippen molar-refractivity contribution in [2.45, 2.75) is 39.2 Å². The predicted molar refractivity (Wildman–Crippen MR) is 85.2 cm³/mol. The number of benzene rings is 1. The van der Waals surface area contributed by atoms with E-state index in [9.17, 15) is 0 Å². The molecule has 0 saturated heterocycles. The van der Waals surface area contributed by atoms with Crippen LogP contribution in [-0.4, -0.2) is 16.3 Å². The molecule has 0 aliphatic heterocycles. The van der Waals surface area contributed by atoms with Gasteiger partial charge < -0.3 is 5.32 Å². The van der Waals surface area contributed by atoms with Crippen molar-refractivity contribution in [2.24, 2.45) is 0 Å². The van der Waals surface area contributed by atoms with Crippen LogP contribution in [0.1, 0.15) is 31.9 Å². The molecule has 21 heavy (non-hydrogen) atoms. The van der Waals surface area contributed by atoms with Crippen molar-refractivity contribution in [1.29, 1.82) is 5.26 Å². The summed E-state index contributed by atoms with van der Waals surface area (Å²) in [5, 5.41) is 16.8. The third kappa shape index (κ3) is 3.85. The third-order valence-corrected chi connectivity index (χ3v) is 3.64. The van der Waals surface area contributed by atoms with Gasteiger partial charge in [-0.15, -0.1) is 0 Å². The Labute approximate surface area is 126 Å². The molecular formula is C17H22N4. The monoisotopic (exact) mass is 282 g/mol. The number of nitrogens with one attached hydrogen (secondary N) is 1. The first kappa shape index (κ1) is 15.1. The fourth-order valence-electron chi connectivity index (χ4n) is 2.13. The van der Waals surface area contributed by atoms with Crippen LogP contribution in [0.3, 0.4) is 0 Å². The van der Waals surface area contributed by atoms with E-state index in [4.69, 9.17) is 5.26 Å². The normalized spacial score (nSPS) is 11.1. The zero-order chi connectivity index (χ0) is 15.3. The fraction of sp³-hybridized carbons (Fsp3) is 0.412. The smallest absolute Gasteiger partial charge is 0.0766 e. The Morgan fingerprint density at radius 3 is 2.57 bits per heavy atom. The first-order valence-corrected chi connectivity index (χ1v) is 7.32. The molecule has 0 aliphatic carbocycles. The maximum atomic E-state index is 9.13. The highest BCUT2D eigenvalue weighted by atomic mass is 15.3. The molecule has 0 fully saturated rings. The van der Waals surface area contributed by atoms with Gasteiger partial charge in [0.15, 0.2) is 0 Å². The van der Waals surface area contributed by atoms with Crippen molar-refractivity contribution in [2.75, 3.05) is 11.9 Å². The van der Waals surface area contributed by atoms with Gasteiger partial charge >= 0.3 is 0 Å². The number of anilines is 1. The lowest BCUT2D eigenvalue weighted by atomic mass is 9.86. The molecule has 1 aromatic carbocycles. The van der Waals surface area contributed by atoms with Crippen molar-refractivity contribution in [3.63, 3.8) is 0 Å². The van der Waals surface area contributed by atoms with Gasteiger partial charge in [-0.3, -0.25) is 4.68 Å². The number of hydrogen-bond donors (Lipinski definition) is 1. The number of rotatable bonds is 6. The highest BCUT2D eigenvalue weighted by Crippen LogP contribution is 2.23. The molecule has 4 heteroatoms. The van der Waals surface area contributed by atoms with Crippen molar-refractivity contribution >= 4 is 5.69 Å².